The maximum atomic E-state index is 12.5. The first kappa shape index (κ1) is 19.1. The lowest BCUT2D eigenvalue weighted by molar-refractivity contribution is -0.121. The van der Waals surface area contributed by atoms with Crippen molar-refractivity contribution < 1.29 is 18.0 Å². The van der Waals surface area contributed by atoms with E-state index in [4.69, 9.17) is 0 Å². The molecule has 0 saturated heterocycles. The van der Waals surface area contributed by atoms with Gasteiger partial charge in [0, 0.05) is 6.54 Å². The third-order valence-corrected chi connectivity index (χ3v) is 6.52. The van der Waals surface area contributed by atoms with Crippen LogP contribution in [0.2, 0.25) is 0 Å². The van der Waals surface area contributed by atoms with E-state index in [9.17, 15) is 18.0 Å². The van der Waals surface area contributed by atoms with Crippen LogP contribution in [0.3, 0.4) is 0 Å². The zero-order valence-electron chi connectivity index (χ0n) is 15.4. The Morgan fingerprint density at radius 2 is 1.78 bits per heavy atom. The quantitative estimate of drug-likeness (QED) is 0.826. The average molecular weight is 386 g/mol. The SMILES string of the molecule is CCc1ccc(CC)c(CNC(=O)CN2C(=O)c3ccccc3S2(=O)=O)c1. The first-order valence-corrected chi connectivity index (χ1v) is 10.4. The first-order valence-electron chi connectivity index (χ1n) is 8.92. The van der Waals surface area contributed by atoms with Crippen molar-refractivity contribution in [1.82, 2.24) is 9.62 Å². The molecule has 0 saturated carbocycles. The fourth-order valence-corrected chi connectivity index (χ4v) is 4.70. The van der Waals surface area contributed by atoms with E-state index in [0.717, 1.165) is 24.0 Å². The molecule has 1 aliphatic rings. The molecule has 0 unspecified atom stereocenters. The highest BCUT2D eigenvalue weighted by Crippen LogP contribution is 2.29. The summed E-state index contributed by atoms with van der Waals surface area (Å²) < 4.78 is 25.7. The normalized spacial score (nSPS) is 14.9. The summed E-state index contributed by atoms with van der Waals surface area (Å²) in [5.74, 6) is -1.17. The number of hydrogen-bond acceptors (Lipinski definition) is 4. The van der Waals surface area contributed by atoms with E-state index in [1.165, 1.54) is 17.7 Å². The summed E-state index contributed by atoms with van der Waals surface area (Å²) in [5, 5.41) is 2.74. The molecule has 0 aromatic heterocycles. The number of carbonyl (C=O) groups is 2. The summed E-state index contributed by atoms with van der Waals surface area (Å²) in [6, 6.07) is 12.2. The van der Waals surface area contributed by atoms with Gasteiger partial charge in [-0.25, -0.2) is 12.7 Å². The van der Waals surface area contributed by atoms with Gasteiger partial charge in [0.15, 0.2) is 0 Å². The number of nitrogens with one attached hydrogen (secondary N) is 1. The van der Waals surface area contributed by atoms with Crippen LogP contribution in [0.15, 0.2) is 47.4 Å². The topological polar surface area (TPSA) is 83.6 Å². The molecule has 7 heteroatoms. The highest BCUT2D eigenvalue weighted by molar-refractivity contribution is 7.90. The Hall–Kier alpha value is -2.67. The van der Waals surface area contributed by atoms with Crippen LogP contribution in [-0.4, -0.2) is 31.1 Å². The van der Waals surface area contributed by atoms with Crippen LogP contribution in [0.25, 0.3) is 0 Å². The van der Waals surface area contributed by atoms with Crippen LogP contribution in [0.5, 0.6) is 0 Å². The van der Waals surface area contributed by atoms with Gasteiger partial charge in [-0.1, -0.05) is 44.2 Å². The second-order valence-corrected chi connectivity index (χ2v) is 8.23. The molecular formula is C20H22N2O4S. The van der Waals surface area contributed by atoms with E-state index in [-0.39, 0.29) is 10.5 Å². The third kappa shape index (κ3) is 3.60. The van der Waals surface area contributed by atoms with Crippen molar-refractivity contribution >= 4 is 21.8 Å². The monoisotopic (exact) mass is 386 g/mol. The number of nitrogens with zero attached hydrogens (tertiary/aromatic N) is 1. The van der Waals surface area contributed by atoms with E-state index in [0.29, 0.717) is 10.8 Å². The summed E-state index contributed by atoms with van der Waals surface area (Å²) >= 11 is 0. The lowest BCUT2D eigenvalue weighted by Gasteiger charge is -2.16. The van der Waals surface area contributed by atoms with Gasteiger partial charge in [-0.05, 0) is 41.7 Å². The predicted octanol–water partition coefficient (Wildman–Crippen LogP) is 2.27. The maximum absolute atomic E-state index is 12.5. The molecular weight excluding hydrogens is 364 g/mol. The fraction of sp³-hybridized carbons (Fsp3) is 0.300. The Bertz CT molecular complexity index is 999. The molecule has 2 aromatic rings. The van der Waals surface area contributed by atoms with E-state index in [1.54, 1.807) is 12.1 Å². The maximum Gasteiger partial charge on any atom is 0.269 e. The molecule has 0 spiro atoms. The summed E-state index contributed by atoms with van der Waals surface area (Å²) in [4.78, 5) is 24.7. The zero-order valence-corrected chi connectivity index (χ0v) is 16.2. The van der Waals surface area contributed by atoms with E-state index in [1.807, 2.05) is 19.1 Å². The lowest BCUT2D eigenvalue weighted by atomic mass is 10.0. The third-order valence-electron chi connectivity index (χ3n) is 4.74. The second-order valence-electron chi connectivity index (χ2n) is 6.40. The Morgan fingerprint density at radius 1 is 1.04 bits per heavy atom. The molecule has 2 amide bonds. The zero-order chi connectivity index (χ0) is 19.6. The highest BCUT2D eigenvalue weighted by atomic mass is 32.2. The van der Waals surface area contributed by atoms with E-state index >= 15 is 0 Å². The van der Waals surface area contributed by atoms with Crippen LogP contribution < -0.4 is 5.32 Å². The summed E-state index contributed by atoms with van der Waals surface area (Å²) in [5.41, 5.74) is 3.41. The van der Waals surface area contributed by atoms with Gasteiger partial charge in [-0.2, -0.15) is 0 Å². The number of aryl methyl sites for hydroxylation is 2. The van der Waals surface area contributed by atoms with Crippen molar-refractivity contribution in [3.8, 4) is 0 Å². The Morgan fingerprint density at radius 3 is 2.44 bits per heavy atom. The van der Waals surface area contributed by atoms with Crippen LogP contribution in [0.1, 0.15) is 40.9 Å². The molecule has 0 atom stereocenters. The van der Waals surface area contributed by atoms with Crippen molar-refractivity contribution in [3.63, 3.8) is 0 Å². The largest absolute Gasteiger partial charge is 0.350 e. The second kappa shape index (κ2) is 7.52. The summed E-state index contributed by atoms with van der Waals surface area (Å²) in [6.45, 7) is 3.87. The Balaban J connectivity index is 1.72. The Kier molecular flexibility index (Phi) is 5.32. The van der Waals surface area contributed by atoms with Gasteiger partial charge in [0.2, 0.25) is 5.91 Å². The molecule has 27 heavy (non-hydrogen) atoms. The van der Waals surface area contributed by atoms with E-state index in [2.05, 4.69) is 18.3 Å². The van der Waals surface area contributed by atoms with Gasteiger partial charge in [-0.15, -0.1) is 0 Å². The summed E-state index contributed by atoms with van der Waals surface area (Å²) in [7, 11) is -3.97. The molecule has 142 valence electrons. The number of sulfonamides is 1. The van der Waals surface area contributed by atoms with Gasteiger partial charge in [0.1, 0.15) is 11.4 Å². The van der Waals surface area contributed by atoms with Crippen molar-refractivity contribution in [2.45, 2.75) is 38.1 Å². The van der Waals surface area contributed by atoms with Crippen LogP contribution >= 0.6 is 0 Å². The van der Waals surface area contributed by atoms with Gasteiger partial charge in [-0.3, -0.25) is 9.59 Å². The molecule has 3 rings (SSSR count). The average Bonchev–Trinajstić information content (AvgIpc) is 2.87. The van der Waals surface area contributed by atoms with Crippen molar-refractivity contribution in [3.05, 3.63) is 64.7 Å². The molecule has 0 fully saturated rings. The number of fused-ring (bicyclic) bond motifs is 1. The molecule has 0 radical (unpaired) electrons. The minimum Gasteiger partial charge on any atom is -0.350 e. The molecule has 0 aliphatic carbocycles. The predicted molar refractivity (Wildman–Crippen MR) is 102 cm³/mol. The van der Waals surface area contributed by atoms with Crippen molar-refractivity contribution in [2.24, 2.45) is 0 Å². The molecule has 1 N–H and O–H groups in total. The molecule has 1 aliphatic heterocycles. The number of carbonyl (C=O) groups excluding carboxylic acids is 2. The van der Waals surface area contributed by atoms with Gasteiger partial charge >= 0.3 is 0 Å². The highest BCUT2D eigenvalue weighted by Gasteiger charge is 2.41. The smallest absolute Gasteiger partial charge is 0.269 e. The first-order chi connectivity index (χ1) is 12.9. The summed E-state index contributed by atoms with van der Waals surface area (Å²) in [6.07, 6.45) is 1.73. The number of amides is 2. The molecule has 6 nitrogen and oxygen atoms in total. The van der Waals surface area contributed by atoms with Gasteiger partial charge < -0.3 is 5.32 Å². The van der Waals surface area contributed by atoms with Gasteiger partial charge in [0.05, 0.1) is 5.56 Å². The molecule has 0 bridgehead atoms. The van der Waals surface area contributed by atoms with Crippen molar-refractivity contribution in [1.29, 1.82) is 0 Å². The number of hydrogen-bond donors (Lipinski definition) is 1. The number of benzene rings is 2. The number of rotatable bonds is 6. The minimum absolute atomic E-state index is 0.0493. The van der Waals surface area contributed by atoms with Gasteiger partial charge in [0.25, 0.3) is 15.9 Å². The minimum atomic E-state index is -3.97. The standard InChI is InChI=1S/C20H22N2O4S/c1-3-14-9-10-15(4-2)16(11-14)12-21-19(23)13-22-20(24)17-7-5-6-8-18(17)27(22,25)26/h5-11H,3-4,12-13H2,1-2H3,(H,21,23). The lowest BCUT2D eigenvalue weighted by Crippen LogP contribution is -2.40. The van der Waals surface area contributed by atoms with Crippen LogP contribution in [0, 0.1) is 0 Å². The van der Waals surface area contributed by atoms with Crippen molar-refractivity contribution in [2.75, 3.05) is 6.54 Å². The molecule has 1 heterocycles. The van der Waals surface area contributed by atoms with Crippen LogP contribution in [-0.2, 0) is 34.2 Å². The molecule has 2 aromatic carbocycles. The Labute approximate surface area is 159 Å². The van der Waals surface area contributed by atoms with E-state index < -0.39 is 28.4 Å². The van der Waals surface area contributed by atoms with Crippen LogP contribution in [0.4, 0.5) is 0 Å². The fourth-order valence-electron chi connectivity index (χ4n) is 3.18.